The molecule has 1 aromatic heterocycles. The zero-order valence-electron chi connectivity index (χ0n) is 5.81. The largest absolute Gasteiger partial charge is 0.475 e. The van der Waals surface area contributed by atoms with Crippen molar-refractivity contribution in [1.82, 2.24) is 9.97 Å². The SMILES string of the molecule is CSc1ccnc(C(=O)O)n1. The summed E-state index contributed by atoms with van der Waals surface area (Å²) in [6.45, 7) is 0. The lowest BCUT2D eigenvalue weighted by atomic mass is 10.6. The van der Waals surface area contributed by atoms with Crippen LogP contribution in [0.25, 0.3) is 0 Å². The maximum atomic E-state index is 10.3. The van der Waals surface area contributed by atoms with E-state index < -0.39 is 5.97 Å². The number of hydrogen-bond acceptors (Lipinski definition) is 4. The average Bonchev–Trinajstić information content (AvgIpc) is 2.05. The molecule has 4 nitrogen and oxygen atoms in total. The lowest BCUT2D eigenvalue weighted by Gasteiger charge is -1.94. The molecule has 0 aromatic carbocycles. The standard InChI is InChI=1S/C6H6N2O2S/c1-11-4-2-3-7-5(8-4)6(9)10/h2-3H,1H3,(H,9,10). The van der Waals surface area contributed by atoms with Gasteiger partial charge in [-0.15, -0.1) is 11.8 Å². The fraction of sp³-hybridized carbons (Fsp3) is 0.167. The quantitative estimate of drug-likeness (QED) is 0.527. The Balaban J connectivity index is 3.01. The minimum atomic E-state index is -1.10. The van der Waals surface area contributed by atoms with Gasteiger partial charge in [-0.05, 0) is 12.3 Å². The van der Waals surface area contributed by atoms with Crippen molar-refractivity contribution in [1.29, 1.82) is 0 Å². The number of carboxylic acid groups (broad SMARTS) is 1. The van der Waals surface area contributed by atoms with Gasteiger partial charge in [0, 0.05) is 6.20 Å². The Labute approximate surface area is 67.7 Å². The molecule has 0 fully saturated rings. The van der Waals surface area contributed by atoms with E-state index in [2.05, 4.69) is 9.97 Å². The summed E-state index contributed by atoms with van der Waals surface area (Å²) in [5, 5.41) is 9.13. The Bertz CT molecular complexity index is 277. The van der Waals surface area contributed by atoms with Gasteiger partial charge in [0.05, 0.1) is 0 Å². The summed E-state index contributed by atoms with van der Waals surface area (Å²) in [5.74, 6) is -1.25. The lowest BCUT2D eigenvalue weighted by Crippen LogP contribution is -2.03. The highest BCUT2D eigenvalue weighted by molar-refractivity contribution is 7.98. The first-order chi connectivity index (χ1) is 5.24. The monoisotopic (exact) mass is 170 g/mol. The van der Waals surface area contributed by atoms with Crippen LogP contribution in [0.1, 0.15) is 10.6 Å². The third-order valence-corrected chi connectivity index (χ3v) is 1.68. The number of carboxylic acids is 1. The lowest BCUT2D eigenvalue weighted by molar-refractivity contribution is 0.0682. The summed E-state index contributed by atoms with van der Waals surface area (Å²) in [6, 6.07) is 1.66. The summed E-state index contributed by atoms with van der Waals surface area (Å²) < 4.78 is 0. The normalized spacial score (nSPS) is 9.55. The molecule has 1 N–H and O–H groups in total. The molecule has 1 aromatic rings. The molecule has 0 spiro atoms. The van der Waals surface area contributed by atoms with Crippen molar-refractivity contribution in [2.45, 2.75) is 5.03 Å². The molecule has 1 rings (SSSR count). The van der Waals surface area contributed by atoms with Gasteiger partial charge in [0.25, 0.3) is 0 Å². The highest BCUT2D eigenvalue weighted by Gasteiger charge is 2.05. The van der Waals surface area contributed by atoms with E-state index in [0.717, 1.165) is 0 Å². The van der Waals surface area contributed by atoms with Gasteiger partial charge >= 0.3 is 5.97 Å². The minimum Gasteiger partial charge on any atom is -0.475 e. The molecule has 0 aliphatic rings. The molecule has 0 saturated heterocycles. The van der Waals surface area contributed by atoms with E-state index in [1.807, 2.05) is 6.26 Å². The van der Waals surface area contributed by atoms with Crippen molar-refractivity contribution in [2.75, 3.05) is 6.26 Å². The predicted octanol–water partition coefficient (Wildman–Crippen LogP) is 0.897. The third kappa shape index (κ3) is 1.91. The zero-order valence-corrected chi connectivity index (χ0v) is 6.63. The van der Waals surface area contributed by atoms with Gasteiger partial charge in [-0.1, -0.05) is 0 Å². The van der Waals surface area contributed by atoms with E-state index in [0.29, 0.717) is 5.03 Å². The van der Waals surface area contributed by atoms with Gasteiger partial charge in [0.2, 0.25) is 5.82 Å². The third-order valence-electron chi connectivity index (χ3n) is 1.03. The van der Waals surface area contributed by atoms with Crippen molar-refractivity contribution in [3.05, 3.63) is 18.1 Å². The van der Waals surface area contributed by atoms with Crippen LogP contribution in [0.2, 0.25) is 0 Å². The van der Waals surface area contributed by atoms with Crippen molar-refractivity contribution >= 4 is 17.7 Å². The maximum Gasteiger partial charge on any atom is 0.373 e. The average molecular weight is 170 g/mol. The van der Waals surface area contributed by atoms with E-state index in [1.54, 1.807) is 6.07 Å². The van der Waals surface area contributed by atoms with Crippen molar-refractivity contribution in [2.24, 2.45) is 0 Å². The van der Waals surface area contributed by atoms with Crippen LogP contribution >= 0.6 is 11.8 Å². The van der Waals surface area contributed by atoms with Gasteiger partial charge in [0.1, 0.15) is 5.03 Å². The van der Waals surface area contributed by atoms with Crippen LogP contribution < -0.4 is 0 Å². The second-order valence-corrected chi connectivity index (χ2v) is 2.55. The molecule has 0 radical (unpaired) electrons. The van der Waals surface area contributed by atoms with Crippen LogP contribution in [0.4, 0.5) is 0 Å². The van der Waals surface area contributed by atoms with E-state index in [-0.39, 0.29) is 5.82 Å². The van der Waals surface area contributed by atoms with Crippen molar-refractivity contribution in [3.63, 3.8) is 0 Å². The molecule has 0 aliphatic carbocycles. The Morgan fingerprint density at radius 1 is 1.73 bits per heavy atom. The van der Waals surface area contributed by atoms with Crippen molar-refractivity contribution < 1.29 is 9.90 Å². The first-order valence-electron chi connectivity index (χ1n) is 2.84. The molecule has 58 valence electrons. The molecule has 0 amide bonds. The number of thioether (sulfide) groups is 1. The fourth-order valence-corrected chi connectivity index (χ4v) is 0.934. The Hall–Kier alpha value is -1.10. The van der Waals surface area contributed by atoms with Gasteiger partial charge in [0.15, 0.2) is 0 Å². The van der Waals surface area contributed by atoms with Crippen LogP contribution in [0, 0.1) is 0 Å². The van der Waals surface area contributed by atoms with Gasteiger partial charge in [-0.3, -0.25) is 0 Å². The van der Waals surface area contributed by atoms with E-state index in [4.69, 9.17) is 5.11 Å². The van der Waals surface area contributed by atoms with Crippen LogP contribution in [-0.4, -0.2) is 27.3 Å². The van der Waals surface area contributed by atoms with Crippen LogP contribution in [0.15, 0.2) is 17.3 Å². The molecule has 0 saturated carbocycles. The molecule has 5 heteroatoms. The molecule has 0 aliphatic heterocycles. The molecular weight excluding hydrogens is 164 g/mol. The number of hydrogen-bond donors (Lipinski definition) is 1. The Morgan fingerprint density at radius 2 is 2.45 bits per heavy atom. The molecule has 1 heterocycles. The maximum absolute atomic E-state index is 10.3. The first kappa shape index (κ1) is 8.00. The van der Waals surface area contributed by atoms with Crippen LogP contribution in [0.3, 0.4) is 0 Å². The number of nitrogens with zero attached hydrogens (tertiary/aromatic N) is 2. The Kier molecular flexibility index (Phi) is 2.43. The molecule has 0 bridgehead atoms. The van der Waals surface area contributed by atoms with Crippen LogP contribution in [-0.2, 0) is 0 Å². The molecule has 0 atom stereocenters. The number of aromatic nitrogens is 2. The fourth-order valence-electron chi connectivity index (χ4n) is 0.559. The van der Waals surface area contributed by atoms with E-state index >= 15 is 0 Å². The van der Waals surface area contributed by atoms with Gasteiger partial charge in [-0.2, -0.15) is 0 Å². The zero-order chi connectivity index (χ0) is 8.27. The van der Waals surface area contributed by atoms with Gasteiger partial charge in [-0.25, -0.2) is 14.8 Å². The summed E-state index contributed by atoms with van der Waals surface area (Å²) in [5.41, 5.74) is 0. The smallest absolute Gasteiger partial charge is 0.373 e. The summed E-state index contributed by atoms with van der Waals surface area (Å²) in [4.78, 5) is 17.6. The van der Waals surface area contributed by atoms with Gasteiger partial charge < -0.3 is 5.11 Å². The number of aromatic carboxylic acids is 1. The van der Waals surface area contributed by atoms with E-state index in [1.165, 1.54) is 18.0 Å². The van der Waals surface area contributed by atoms with E-state index in [9.17, 15) is 4.79 Å². The Morgan fingerprint density at radius 3 is 3.00 bits per heavy atom. The highest BCUT2D eigenvalue weighted by Crippen LogP contribution is 2.09. The second kappa shape index (κ2) is 3.34. The number of carbonyl (C=O) groups is 1. The molecular formula is C6H6N2O2S. The minimum absolute atomic E-state index is 0.156. The second-order valence-electron chi connectivity index (χ2n) is 1.73. The van der Waals surface area contributed by atoms with Crippen LogP contribution in [0.5, 0.6) is 0 Å². The first-order valence-corrected chi connectivity index (χ1v) is 4.07. The summed E-state index contributed by atoms with van der Waals surface area (Å²) >= 11 is 1.39. The summed E-state index contributed by atoms with van der Waals surface area (Å²) in [7, 11) is 0. The predicted molar refractivity (Wildman–Crippen MR) is 40.8 cm³/mol. The summed E-state index contributed by atoms with van der Waals surface area (Å²) in [6.07, 6.45) is 3.26. The topological polar surface area (TPSA) is 63.1 Å². The molecule has 0 unspecified atom stereocenters. The van der Waals surface area contributed by atoms with Crippen molar-refractivity contribution in [3.8, 4) is 0 Å². The highest BCUT2D eigenvalue weighted by atomic mass is 32.2. The number of rotatable bonds is 2. The molecule has 11 heavy (non-hydrogen) atoms.